The van der Waals surface area contributed by atoms with Crippen molar-refractivity contribution >= 4 is 5.91 Å². The quantitative estimate of drug-likeness (QED) is 0.730. The van der Waals surface area contributed by atoms with Crippen LogP contribution in [0.4, 0.5) is 0 Å². The van der Waals surface area contributed by atoms with Crippen molar-refractivity contribution in [3.05, 3.63) is 59.7 Å². The summed E-state index contributed by atoms with van der Waals surface area (Å²) in [6, 6.07) is 15.1. The van der Waals surface area contributed by atoms with Crippen molar-refractivity contribution in [3.63, 3.8) is 0 Å². The molecule has 2 aromatic carbocycles. The molecule has 148 valence electrons. The number of hydrogen-bond acceptors (Lipinski definition) is 6. The van der Waals surface area contributed by atoms with E-state index in [0.717, 1.165) is 11.1 Å². The summed E-state index contributed by atoms with van der Waals surface area (Å²) < 4.78 is 27.5. The molecule has 0 spiro atoms. The van der Waals surface area contributed by atoms with E-state index in [4.69, 9.17) is 23.7 Å². The molecule has 0 aromatic heterocycles. The highest BCUT2D eigenvalue weighted by atomic mass is 16.7. The van der Waals surface area contributed by atoms with Crippen molar-refractivity contribution in [1.29, 1.82) is 0 Å². The van der Waals surface area contributed by atoms with Crippen molar-refractivity contribution in [2.75, 3.05) is 33.7 Å². The van der Waals surface area contributed by atoms with Crippen LogP contribution in [0.3, 0.4) is 0 Å². The summed E-state index contributed by atoms with van der Waals surface area (Å²) in [5.41, 5.74) is 1.73. The van der Waals surface area contributed by atoms with E-state index in [1.165, 1.54) is 7.11 Å². The number of ether oxygens (including phenoxy) is 5. The summed E-state index contributed by atoms with van der Waals surface area (Å²) in [6.45, 7) is 1.97. The number of fused-ring (bicyclic) bond motifs is 1. The molecule has 2 aliphatic rings. The number of nitrogens with zero attached hydrogens (tertiary/aromatic N) is 1. The Bertz CT molecular complexity index is 806. The second kappa shape index (κ2) is 8.60. The van der Waals surface area contributed by atoms with Crippen LogP contribution in [0.2, 0.25) is 0 Å². The molecule has 1 amide bonds. The van der Waals surface area contributed by atoms with Gasteiger partial charge >= 0.3 is 0 Å². The Labute approximate surface area is 163 Å². The van der Waals surface area contributed by atoms with Gasteiger partial charge in [-0.2, -0.15) is 0 Å². The molecule has 28 heavy (non-hydrogen) atoms. The van der Waals surface area contributed by atoms with Crippen LogP contribution in [0, 0.1) is 0 Å². The van der Waals surface area contributed by atoms with Gasteiger partial charge in [0.2, 0.25) is 6.79 Å². The van der Waals surface area contributed by atoms with Gasteiger partial charge in [-0.15, -0.1) is 0 Å². The standard InChI is InChI=1S/C21H23NO6/c1-24-20(16-5-3-2-4-6-16)21(23)22(13-19-25-9-10-26-19)12-15-7-8-17-18(11-15)28-14-27-17/h2-8,11,19-20H,9-10,12-14H2,1H3/t20-/m0/s1. The summed E-state index contributed by atoms with van der Waals surface area (Å²) in [7, 11) is 1.54. The zero-order chi connectivity index (χ0) is 19.3. The van der Waals surface area contributed by atoms with Gasteiger partial charge in [-0.05, 0) is 23.3 Å². The van der Waals surface area contributed by atoms with E-state index in [2.05, 4.69) is 0 Å². The van der Waals surface area contributed by atoms with E-state index in [0.29, 0.717) is 37.8 Å². The third kappa shape index (κ3) is 4.11. The van der Waals surface area contributed by atoms with Crippen LogP contribution in [-0.4, -0.2) is 50.8 Å². The van der Waals surface area contributed by atoms with Gasteiger partial charge < -0.3 is 28.6 Å². The zero-order valence-electron chi connectivity index (χ0n) is 15.7. The van der Waals surface area contributed by atoms with Gasteiger partial charge in [0.15, 0.2) is 23.9 Å². The molecule has 2 heterocycles. The average molecular weight is 385 g/mol. The maximum absolute atomic E-state index is 13.3. The number of benzene rings is 2. The summed E-state index contributed by atoms with van der Waals surface area (Å²) >= 11 is 0. The highest BCUT2D eigenvalue weighted by molar-refractivity contribution is 5.82. The molecule has 1 saturated heterocycles. The highest BCUT2D eigenvalue weighted by Gasteiger charge is 2.30. The monoisotopic (exact) mass is 385 g/mol. The molecule has 2 aromatic rings. The van der Waals surface area contributed by atoms with Gasteiger partial charge in [0.05, 0.1) is 19.8 Å². The second-order valence-corrected chi connectivity index (χ2v) is 6.60. The first kappa shape index (κ1) is 18.7. The van der Waals surface area contributed by atoms with Gasteiger partial charge in [-0.25, -0.2) is 0 Å². The van der Waals surface area contributed by atoms with Gasteiger partial charge in [0.1, 0.15) is 0 Å². The average Bonchev–Trinajstić information content (AvgIpc) is 3.40. The van der Waals surface area contributed by atoms with Crippen LogP contribution in [0.25, 0.3) is 0 Å². The number of rotatable bonds is 7. The Hall–Kier alpha value is -2.61. The first-order valence-corrected chi connectivity index (χ1v) is 9.23. The summed E-state index contributed by atoms with van der Waals surface area (Å²) in [5, 5.41) is 0. The summed E-state index contributed by atoms with van der Waals surface area (Å²) in [6.07, 6.45) is -1.14. The molecule has 2 aliphatic heterocycles. The van der Waals surface area contributed by atoms with Gasteiger partial charge in [0, 0.05) is 13.7 Å². The maximum Gasteiger partial charge on any atom is 0.256 e. The molecule has 0 unspecified atom stereocenters. The molecule has 0 bridgehead atoms. The molecule has 0 radical (unpaired) electrons. The molecular formula is C21H23NO6. The predicted molar refractivity (Wildman–Crippen MR) is 99.9 cm³/mol. The lowest BCUT2D eigenvalue weighted by molar-refractivity contribution is -0.149. The minimum atomic E-state index is -0.698. The fourth-order valence-corrected chi connectivity index (χ4v) is 3.36. The fourth-order valence-electron chi connectivity index (χ4n) is 3.36. The Kier molecular flexibility index (Phi) is 5.76. The van der Waals surface area contributed by atoms with Gasteiger partial charge in [-0.3, -0.25) is 4.79 Å². The van der Waals surface area contributed by atoms with Crippen LogP contribution in [0.1, 0.15) is 17.2 Å². The van der Waals surface area contributed by atoms with Crippen LogP contribution < -0.4 is 9.47 Å². The molecule has 1 fully saturated rings. The Morgan fingerprint density at radius 1 is 1.11 bits per heavy atom. The van der Waals surface area contributed by atoms with E-state index in [1.807, 2.05) is 48.5 Å². The first-order chi connectivity index (χ1) is 13.7. The predicted octanol–water partition coefficient (Wildman–Crippen LogP) is 2.50. The third-order valence-electron chi connectivity index (χ3n) is 4.74. The Morgan fingerprint density at radius 3 is 2.61 bits per heavy atom. The largest absolute Gasteiger partial charge is 0.454 e. The summed E-state index contributed by atoms with van der Waals surface area (Å²) in [4.78, 5) is 15.0. The molecular weight excluding hydrogens is 362 g/mol. The van der Waals surface area contributed by atoms with Crippen molar-refractivity contribution in [1.82, 2.24) is 4.90 Å². The van der Waals surface area contributed by atoms with Crippen molar-refractivity contribution < 1.29 is 28.5 Å². The van der Waals surface area contributed by atoms with Crippen LogP contribution >= 0.6 is 0 Å². The van der Waals surface area contributed by atoms with Crippen LogP contribution in [-0.2, 0) is 25.5 Å². The van der Waals surface area contributed by atoms with E-state index >= 15 is 0 Å². The van der Waals surface area contributed by atoms with Crippen molar-refractivity contribution in [2.45, 2.75) is 18.9 Å². The fraction of sp³-hybridized carbons (Fsp3) is 0.381. The van der Waals surface area contributed by atoms with Crippen molar-refractivity contribution in [2.24, 2.45) is 0 Å². The maximum atomic E-state index is 13.3. The number of carbonyl (C=O) groups excluding carboxylic acids is 1. The lowest BCUT2D eigenvalue weighted by Gasteiger charge is -2.28. The van der Waals surface area contributed by atoms with Gasteiger partial charge in [0.25, 0.3) is 5.91 Å². The minimum Gasteiger partial charge on any atom is -0.454 e. The third-order valence-corrected chi connectivity index (χ3v) is 4.74. The lowest BCUT2D eigenvalue weighted by Crippen LogP contribution is -2.40. The topological polar surface area (TPSA) is 66.5 Å². The van der Waals surface area contributed by atoms with E-state index in [-0.39, 0.29) is 12.7 Å². The zero-order valence-corrected chi connectivity index (χ0v) is 15.7. The molecule has 0 saturated carbocycles. The van der Waals surface area contributed by atoms with E-state index in [9.17, 15) is 4.79 Å². The van der Waals surface area contributed by atoms with E-state index in [1.54, 1.807) is 4.90 Å². The normalized spacial score (nSPS) is 16.9. The summed E-state index contributed by atoms with van der Waals surface area (Å²) in [5.74, 6) is 1.25. The number of carbonyl (C=O) groups is 1. The van der Waals surface area contributed by atoms with Crippen LogP contribution in [0.5, 0.6) is 11.5 Å². The molecule has 4 rings (SSSR count). The molecule has 7 heteroatoms. The van der Waals surface area contributed by atoms with Crippen LogP contribution in [0.15, 0.2) is 48.5 Å². The SMILES string of the molecule is CO[C@H](C(=O)N(Cc1ccc2c(c1)OCO2)CC1OCCO1)c1ccccc1. The smallest absolute Gasteiger partial charge is 0.256 e. The number of amides is 1. The minimum absolute atomic E-state index is 0.148. The van der Waals surface area contributed by atoms with Gasteiger partial charge in [-0.1, -0.05) is 36.4 Å². The Balaban J connectivity index is 1.56. The molecule has 7 nitrogen and oxygen atoms in total. The number of hydrogen-bond donors (Lipinski definition) is 0. The second-order valence-electron chi connectivity index (χ2n) is 6.60. The number of methoxy groups -OCH3 is 1. The highest BCUT2D eigenvalue weighted by Crippen LogP contribution is 2.33. The molecule has 1 atom stereocenters. The van der Waals surface area contributed by atoms with Crippen molar-refractivity contribution in [3.8, 4) is 11.5 Å². The molecule has 0 aliphatic carbocycles. The first-order valence-electron chi connectivity index (χ1n) is 9.23. The lowest BCUT2D eigenvalue weighted by atomic mass is 10.1. The molecule has 0 N–H and O–H groups in total. The Morgan fingerprint density at radius 2 is 1.86 bits per heavy atom. The van der Waals surface area contributed by atoms with E-state index < -0.39 is 12.4 Å².